The quantitative estimate of drug-likeness (QED) is 0.743. The van der Waals surface area contributed by atoms with Crippen molar-refractivity contribution >= 4 is 0 Å². The average molecular weight is 225 g/mol. The second-order valence-corrected chi connectivity index (χ2v) is 6.35. The standard InChI is InChI=1S/C15H31N/c1-6-16-14(5)10-13(4)15-8-11(2)7-12(3)9-15/h11-16H,6-10H2,1-5H3. The first-order valence-corrected chi connectivity index (χ1v) is 7.26. The Hall–Kier alpha value is -0.0400. The maximum atomic E-state index is 3.54. The molecular formula is C15H31N. The van der Waals surface area contributed by atoms with Gasteiger partial charge in [0.25, 0.3) is 0 Å². The van der Waals surface area contributed by atoms with Gasteiger partial charge in [-0.1, -0.05) is 27.7 Å². The molecule has 0 amide bonds. The highest BCUT2D eigenvalue weighted by molar-refractivity contribution is 4.80. The number of hydrogen-bond donors (Lipinski definition) is 1. The molecule has 1 heteroatoms. The largest absolute Gasteiger partial charge is 0.315 e. The molecule has 1 nitrogen and oxygen atoms in total. The number of nitrogens with one attached hydrogen (secondary N) is 1. The molecule has 1 N–H and O–H groups in total. The Balaban J connectivity index is 2.37. The highest BCUT2D eigenvalue weighted by Gasteiger charge is 2.28. The van der Waals surface area contributed by atoms with Crippen LogP contribution >= 0.6 is 0 Å². The Labute approximate surface area is 102 Å². The van der Waals surface area contributed by atoms with Gasteiger partial charge in [0.05, 0.1) is 0 Å². The fraction of sp³-hybridized carbons (Fsp3) is 1.00. The molecule has 0 aromatic heterocycles. The molecule has 0 radical (unpaired) electrons. The van der Waals surface area contributed by atoms with Crippen molar-refractivity contribution in [2.45, 2.75) is 66.3 Å². The van der Waals surface area contributed by atoms with E-state index in [-0.39, 0.29) is 0 Å². The summed E-state index contributed by atoms with van der Waals surface area (Å²) < 4.78 is 0. The third kappa shape index (κ3) is 4.45. The smallest absolute Gasteiger partial charge is 0.00412 e. The summed E-state index contributed by atoms with van der Waals surface area (Å²) >= 11 is 0. The van der Waals surface area contributed by atoms with Crippen LogP contribution in [-0.2, 0) is 0 Å². The first-order chi connectivity index (χ1) is 7.52. The molecule has 1 aliphatic rings. The summed E-state index contributed by atoms with van der Waals surface area (Å²) in [5.41, 5.74) is 0. The minimum Gasteiger partial charge on any atom is -0.315 e. The molecule has 1 saturated carbocycles. The van der Waals surface area contributed by atoms with Gasteiger partial charge in [0, 0.05) is 6.04 Å². The van der Waals surface area contributed by atoms with E-state index < -0.39 is 0 Å². The predicted octanol–water partition coefficient (Wildman–Crippen LogP) is 4.08. The van der Waals surface area contributed by atoms with Crippen LogP contribution in [0.2, 0.25) is 0 Å². The van der Waals surface area contributed by atoms with Crippen molar-refractivity contribution < 1.29 is 0 Å². The highest BCUT2D eigenvalue weighted by Crippen LogP contribution is 2.38. The van der Waals surface area contributed by atoms with E-state index in [2.05, 4.69) is 39.9 Å². The molecule has 1 aliphatic carbocycles. The maximum Gasteiger partial charge on any atom is 0.00412 e. The molecule has 4 unspecified atom stereocenters. The van der Waals surface area contributed by atoms with E-state index in [9.17, 15) is 0 Å². The van der Waals surface area contributed by atoms with Crippen molar-refractivity contribution in [3.05, 3.63) is 0 Å². The zero-order valence-corrected chi connectivity index (χ0v) is 11.9. The molecule has 0 saturated heterocycles. The van der Waals surface area contributed by atoms with Crippen LogP contribution in [0.3, 0.4) is 0 Å². The van der Waals surface area contributed by atoms with Crippen LogP contribution in [0, 0.1) is 23.7 Å². The normalized spacial score (nSPS) is 34.7. The van der Waals surface area contributed by atoms with Gasteiger partial charge in [0.2, 0.25) is 0 Å². The van der Waals surface area contributed by atoms with E-state index in [1.807, 2.05) is 0 Å². The van der Waals surface area contributed by atoms with Gasteiger partial charge in [-0.05, 0) is 62.8 Å². The maximum absolute atomic E-state index is 3.54. The fourth-order valence-electron chi connectivity index (χ4n) is 3.66. The average Bonchev–Trinajstić information content (AvgIpc) is 2.16. The van der Waals surface area contributed by atoms with E-state index in [0.29, 0.717) is 6.04 Å². The van der Waals surface area contributed by atoms with E-state index in [4.69, 9.17) is 0 Å². The van der Waals surface area contributed by atoms with Gasteiger partial charge >= 0.3 is 0 Å². The summed E-state index contributed by atoms with van der Waals surface area (Å²) in [4.78, 5) is 0. The van der Waals surface area contributed by atoms with Gasteiger partial charge in [-0.3, -0.25) is 0 Å². The van der Waals surface area contributed by atoms with Crippen molar-refractivity contribution in [2.24, 2.45) is 23.7 Å². The summed E-state index contributed by atoms with van der Waals surface area (Å²) in [6, 6.07) is 0.688. The number of rotatable bonds is 5. The van der Waals surface area contributed by atoms with Crippen LogP contribution in [0.15, 0.2) is 0 Å². The third-order valence-corrected chi connectivity index (χ3v) is 4.30. The Morgan fingerprint density at radius 3 is 2.12 bits per heavy atom. The van der Waals surface area contributed by atoms with Crippen LogP contribution in [0.25, 0.3) is 0 Å². The summed E-state index contributed by atoms with van der Waals surface area (Å²) in [5.74, 6) is 3.76. The van der Waals surface area contributed by atoms with Crippen molar-refractivity contribution in [3.8, 4) is 0 Å². The van der Waals surface area contributed by atoms with Crippen molar-refractivity contribution in [2.75, 3.05) is 6.54 Å². The van der Waals surface area contributed by atoms with Crippen LogP contribution in [-0.4, -0.2) is 12.6 Å². The minimum absolute atomic E-state index is 0.688. The van der Waals surface area contributed by atoms with Gasteiger partial charge in [-0.15, -0.1) is 0 Å². The van der Waals surface area contributed by atoms with E-state index in [1.54, 1.807) is 0 Å². The lowest BCUT2D eigenvalue weighted by Gasteiger charge is -2.36. The Kier molecular flexibility index (Phi) is 5.82. The highest BCUT2D eigenvalue weighted by atomic mass is 14.9. The van der Waals surface area contributed by atoms with Gasteiger partial charge in [0.1, 0.15) is 0 Å². The lowest BCUT2D eigenvalue weighted by molar-refractivity contribution is 0.156. The van der Waals surface area contributed by atoms with Gasteiger partial charge in [0.15, 0.2) is 0 Å². The van der Waals surface area contributed by atoms with Gasteiger partial charge < -0.3 is 5.32 Å². The third-order valence-electron chi connectivity index (χ3n) is 4.30. The Morgan fingerprint density at radius 1 is 1.06 bits per heavy atom. The molecule has 16 heavy (non-hydrogen) atoms. The predicted molar refractivity (Wildman–Crippen MR) is 72.6 cm³/mol. The monoisotopic (exact) mass is 225 g/mol. The molecular weight excluding hydrogens is 194 g/mol. The molecule has 1 rings (SSSR count). The van der Waals surface area contributed by atoms with Crippen molar-refractivity contribution in [1.82, 2.24) is 5.32 Å². The van der Waals surface area contributed by atoms with E-state index in [1.165, 1.54) is 25.7 Å². The summed E-state index contributed by atoms with van der Waals surface area (Å²) in [5, 5.41) is 3.54. The lowest BCUT2D eigenvalue weighted by atomic mass is 9.71. The molecule has 96 valence electrons. The zero-order valence-electron chi connectivity index (χ0n) is 11.9. The lowest BCUT2D eigenvalue weighted by Crippen LogP contribution is -2.31. The van der Waals surface area contributed by atoms with Crippen molar-refractivity contribution in [3.63, 3.8) is 0 Å². The molecule has 0 spiro atoms. The Morgan fingerprint density at radius 2 is 1.62 bits per heavy atom. The van der Waals surface area contributed by atoms with E-state index >= 15 is 0 Å². The minimum atomic E-state index is 0.688. The molecule has 0 bridgehead atoms. The molecule has 0 aromatic rings. The zero-order chi connectivity index (χ0) is 12.1. The summed E-state index contributed by atoms with van der Waals surface area (Å²) in [6.07, 6.45) is 5.72. The van der Waals surface area contributed by atoms with Gasteiger partial charge in [-0.2, -0.15) is 0 Å². The molecule has 1 fully saturated rings. The first-order valence-electron chi connectivity index (χ1n) is 7.26. The first kappa shape index (κ1) is 14.0. The summed E-state index contributed by atoms with van der Waals surface area (Å²) in [7, 11) is 0. The SMILES string of the molecule is CCNC(C)CC(C)C1CC(C)CC(C)C1. The molecule has 4 atom stereocenters. The van der Waals surface area contributed by atoms with Crippen molar-refractivity contribution in [1.29, 1.82) is 0 Å². The van der Waals surface area contributed by atoms with Crippen LogP contribution in [0.5, 0.6) is 0 Å². The van der Waals surface area contributed by atoms with Gasteiger partial charge in [-0.25, -0.2) is 0 Å². The molecule has 0 aliphatic heterocycles. The second kappa shape index (κ2) is 6.64. The molecule has 0 heterocycles. The second-order valence-electron chi connectivity index (χ2n) is 6.35. The molecule has 0 aromatic carbocycles. The number of hydrogen-bond acceptors (Lipinski definition) is 1. The van der Waals surface area contributed by atoms with Crippen LogP contribution < -0.4 is 5.32 Å². The van der Waals surface area contributed by atoms with E-state index in [0.717, 1.165) is 30.2 Å². The topological polar surface area (TPSA) is 12.0 Å². The fourth-order valence-corrected chi connectivity index (χ4v) is 3.66. The summed E-state index contributed by atoms with van der Waals surface area (Å²) in [6.45, 7) is 13.0. The van der Waals surface area contributed by atoms with Crippen LogP contribution in [0.4, 0.5) is 0 Å². The Bertz CT molecular complexity index is 180. The van der Waals surface area contributed by atoms with Crippen LogP contribution in [0.1, 0.15) is 60.3 Å².